The van der Waals surface area contributed by atoms with E-state index < -0.39 is 10.8 Å². The van der Waals surface area contributed by atoms with Gasteiger partial charge in [0.1, 0.15) is 11.4 Å². The van der Waals surface area contributed by atoms with Crippen LogP contribution in [0.1, 0.15) is 5.56 Å². The number of rotatable bonds is 4. The summed E-state index contributed by atoms with van der Waals surface area (Å²) in [6.07, 6.45) is 4.91. The molecular formula is C16H17N5OS. The van der Waals surface area contributed by atoms with Crippen LogP contribution >= 0.6 is 0 Å². The summed E-state index contributed by atoms with van der Waals surface area (Å²) in [5, 5.41) is 8.31. The average molecular weight is 327 g/mol. The predicted molar refractivity (Wildman–Crippen MR) is 91.0 cm³/mol. The van der Waals surface area contributed by atoms with Crippen LogP contribution in [0.3, 0.4) is 0 Å². The Bertz CT molecular complexity index is 874. The highest BCUT2D eigenvalue weighted by atomic mass is 32.2. The maximum absolute atomic E-state index is 11.6. The van der Waals surface area contributed by atoms with Gasteiger partial charge in [-0.2, -0.15) is 5.10 Å². The van der Waals surface area contributed by atoms with Crippen molar-refractivity contribution in [2.75, 3.05) is 11.6 Å². The molecule has 1 unspecified atom stereocenters. The second-order valence-electron chi connectivity index (χ2n) is 5.20. The molecule has 1 atom stereocenters. The summed E-state index contributed by atoms with van der Waals surface area (Å²) in [5.74, 6) is 0.702. The molecule has 3 rings (SSSR count). The Morgan fingerprint density at radius 1 is 1.22 bits per heavy atom. The van der Waals surface area contributed by atoms with Gasteiger partial charge in [0.2, 0.25) is 0 Å². The van der Waals surface area contributed by atoms with E-state index in [1.54, 1.807) is 17.0 Å². The van der Waals surface area contributed by atoms with E-state index in [9.17, 15) is 4.21 Å². The summed E-state index contributed by atoms with van der Waals surface area (Å²) in [6, 6.07) is 9.73. The first-order valence-electron chi connectivity index (χ1n) is 7.07. The van der Waals surface area contributed by atoms with Crippen molar-refractivity contribution in [3.05, 3.63) is 48.4 Å². The third-order valence-corrected chi connectivity index (χ3v) is 4.25. The van der Waals surface area contributed by atoms with Crippen molar-refractivity contribution in [1.29, 1.82) is 0 Å². The van der Waals surface area contributed by atoms with Crippen LogP contribution in [0.4, 0.5) is 11.5 Å². The Kier molecular flexibility index (Phi) is 4.20. The minimum absolute atomic E-state index is 0.501. The van der Waals surface area contributed by atoms with Crippen molar-refractivity contribution in [2.24, 2.45) is 7.05 Å². The van der Waals surface area contributed by atoms with E-state index >= 15 is 0 Å². The third-order valence-electron chi connectivity index (χ3n) is 3.44. The lowest BCUT2D eigenvalue weighted by atomic mass is 10.2. The van der Waals surface area contributed by atoms with Gasteiger partial charge in [-0.3, -0.25) is 8.89 Å². The molecule has 6 nitrogen and oxygen atoms in total. The van der Waals surface area contributed by atoms with E-state index in [4.69, 9.17) is 0 Å². The quantitative estimate of drug-likeness (QED) is 0.746. The number of nitrogens with zero attached hydrogens (tertiary/aromatic N) is 4. The van der Waals surface area contributed by atoms with Gasteiger partial charge in [-0.05, 0) is 24.6 Å². The van der Waals surface area contributed by atoms with Gasteiger partial charge in [0.05, 0.1) is 22.1 Å². The second-order valence-corrected chi connectivity index (χ2v) is 6.53. The standard InChI is InChI=1S/C16H17N5OS/c1-11-6-4-5-7-13(11)19-16-12(9-21(2)20-16)14-8-15(23(3)22)18-10-17-14/h4-10H,1-3H3,(H,19,20). The number of benzene rings is 1. The van der Waals surface area contributed by atoms with Crippen LogP contribution in [0.15, 0.2) is 47.9 Å². The number of anilines is 2. The molecule has 0 bridgehead atoms. The Hall–Kier alpha value is -2.54. The molecule has 2 heterocycles. The Morgan fingerprint density at radius 3 is 2.74 bits per heavy atom. The summed E-state index contributed by atoms with van der Waals surface area (Å²) >= 11 is 0. The number of nitrogens with one attached hydrogen (secondary N) is 1. The molecule has 0 radical (unpaired) electrons. The fourth-order valence-electron chi connectivity index (χ4n) is 2.25. The fraction of sp³-hybridized carbons (Fsp3) is 0.188. The summed E-state index contributed by atoms with van der Waals surface area (Å²) in [7, 11) is 0.701. The van der Waals surface area contributed by atoms with Gasteiger partial charge < -0.3 is 5.32 Å². The molecule has 7 heteroatoms. The van der Waals surface area contributed by atoms with Crippen molar-refractivity contribution in [3.8, 4) is 11.3 Å². The third kappa shape index (κ3) is 3.29. The number of para-hydroxylation sites is 1. The maximum atomic E-state index is 11.6. The van der Waals surface area contributed by atoms with Crippen molar-refractivity contribution < 1.29 is 4.21 Å². The first-order valence-corrected chi connectivity index (χ1v) is 8.62. The minimum Gasteiger partial charge on any atom is -0.338 e. The van der Waals surface area contributed by atoms with E-state index in [-0.39, 0.29) is 0 Å². The molecule has 2 aromatic heterocycles. The molecule has 0 aliphatic carbocycles. The SMILES string of the molecule is Cc1ccccc1Nc1nn(C)cc1-c1cc(S(C)=O)ncn1. The smallest absolute Gasteiger partial charge is 0.161 e. The summed E-state index contributed by atoms with van der Waals surface area (Å²) < 4.78 is 13.4. The largest absolute Gasteiger partial charge is 0.338 e. The van der Waals surface area contributed by atoms with Crippen LogP contribution in [0.5, 0.6) is 0 Å². The first kappa shape index (κ1) is 15.4. The molecule has 0 aliphatic rings. The monoisotopic (exact) mass is 327 g/mol. The Labute approximate surface area is 137 Å². The summed E-state index contributed by atoms with van der Waals surface area (Å²) in [6.45, 7) is 2.04. The van der Waals surface area contributed by atoms with E-state index in [1.165, 1.54) is 6.33 Å². The van der Waals surface area contributed by atoms with Crippen LogP contribution in [-0.2, 0) is 17.8 Å². The van der Waals surface area contributed by atoms with Crippen LogP contribution < -0.4 is 5.32 Å². The highest BCUT2D eigenvalue weighted by molar-refractivity contribution is 7.84. The normalized spacial score (nSPS) is 12.1. The van der Waals surface area contributed by atoms with Gasteiger partial charge in [0.15, 0.2) is 5.82 Å². The first-order chi connectivity index (χ1) is 11.0. The molecule has 0 fully saturated rings. The molecule has 3 aromatic rings. The van der Waals surface area contributed by atoms with Crippen LogP contribution in [0.25, 0.3) is 11.3 Å². The van der Waals surface area contributed by atoms with Crippen molar-refractivity contribution in [3.63, 3.8) is 0 Å². The molecule has 0 spiro atoms. The molecular weight excluding hydrogens is 310 g/mol. The molecule has 0 aliphatic heterocycles. The predicted octanol–water partition coefficient (Wildman–Crippen LogP) is 2.67. The van der Waals surface area contributed by atoms with Gasteiger partial charge >= 0.3 is 0 Å². The van der Waals surface area contributed by atoms with E-state index in [0.29, 0.717) is 16.5 Å². The Morgan fingerprint density at radius 2 is 2.00 bits per heavy atom. The lowest BCUT2D eigenvalue weighted by Gasteiger charge is -2.08. The molecule has 0 saturated carbocycles. The number of hydrogen-bond acceptors (Lipinski definition) is 5. The zero-order valence-corrected chi connectivity index (χ0v) is 14.0. The molecule has 1 aromatic carbocycles. The van der Waals surface area contributed by atoms with Gasteiger partial charge in [0, 0.05) is 25.2 Å². The van der Waals surface area contributed by atoms with Crippen LogP contribution in [0, 0.1) is 6.92 Å². The van der Waals surface area contributed by atoms with Crippen LogP contribution in [0.2, 0.25) is 0 Å². The minimum atomic E-state index is -1.15. The van der Waals surface area contributed by atoms with E-state index in [1.807, 2.05) is 44.4 Å². The highest BCUT2D eigenvalue weighted by Crippen LogP contribution is 2.29. The van der Waals surface area contributed by atoms with Crippen molar-refractivity contribution in [2.45, 2.75) is 11.9 Å². The molecule has 0 amide bonds. The number of aryl methyl sites for hydroxylation is 2. The fourth-order valence-corrected chi connectivity index (χ4v) is 2.73. The van der Waals surface area contributed by atoms with Gasteiger partial charge in [0.25, 0.3) is 0 Å². The number of hydrogen-bond donors (Lipinski definition) is 1. The average Bonchev–Trinajstić information content (AvgIpc) is 2.90. The topological polar surface area (TPSA) is 72.7 Å². The molecule has 23 heavy (non-hydrogen) atoms. The van der Waals surface area contributed by atoms with Gasteiger partial charge in [-0.25, -0.2) is 9.97 Å². The van der Waals surface area contributed by atoms with E-state index in [0.717, 1.165) is 16.8 Å². The molecule has 118 valence electrons. The van der Waals surface area contributed by atoms with Crippen LogP contribution in [-0.4, -0.2) is 30.2 Å². The number of aromatic nitrogens is 4. The molecule has 0 saturated heterocycles. The summed E-state index contributed by atoms with van der Waals surface area (Å²) in [4.78, 5) is 8.33. The van der Waals surface area contributed by atoms with Gasteiger partial charge in [-0.1, -0.05) is 18.2 Å². The molecule has 1 N–H and O–H groups in total. The zero-order valence-electron chi connectivity index (χ0n) is 13.1. The Balaban J connectivity index is 2.03. The second kappa shape index (κ2) is 6.29. The zero-order chi connectivity index (χ0) is 16.4. The lowest BCUT2D eigenvalue weighted by molar-refractivity contribution is 0.683. The van der Waals surface area contributed by atoms with Crippen molar-refractivity contribution >= 4 is 22.3 Å². The lowest BCUT2D eigenvalue weighted by Crippen LogP contribution is -1.98. The van der Waals surface area contributed by atoms with Crippen molar-refractivity contribution in [1.82, 2.24) is 19.7 Å². The van der Waals surface area contributed by atoms with E-state index in [2.05, 4.69) is 20.4 Å². The van der Waals surface area contributed by atoms with Gasteiger partial charge in [-0.15, -0.1) is 0 Å². The maximum Gasteiger partial charge on any atom is 0.161 e. The summed E-state index contributed by atoms with van der Waals surface area (Å²) in [5.41, 5.74) is 3.64. The highest BCUT2D eigenvalue weighted by Gasteiger charge is 2.14.